The number of nitrogens with zero attached hydrogens (tertiary/aromatic N) is 4. The Labute approximate surface area is 179 Å². The molecule has 0 spiro atoms. The number of anilines is 1. The maximum absolute atomic E-state index is 13.2. The molecule has 3 fully saturated rings. The zero-order valence-corrected chi connectivity index (χ0v) is 17.6. The summed E-state index contributed by atoms with van der Waals surface area (Å²) in [6.45, 7) is 5.66. The van der Waals surface area contributed by atoms with Crippen LogP contribution < -0.4 is 11.5 Å². The standard InChI is InChI=1S/C22H27F3N6/c1-11(2)30-19(6-18(27)13-3-17(22(23,24)25)21(28)29-8-13)20-15-4-14(5-16(15)20)31-9-12(7-26)10-31/h3,6,8,11-12,14-16,20H,4-5,9-10,27H2,1-2H3,(H2,28,29)/t14?,15-,16+,20?. The third-order valence-electron chi connectivity index (χ3n) is 6.64. The third kappa shape index (κ3) is 4.26. The van der Waals surface area contributed by atoms with E-state index in [2.05, 4.69) is 16.0 Å². The van der Waals surface area contributed by atoms with Gasteiger partial charge in [0.25, 0.3) is 0 Å². The second-order valence-electron chi connectivity index (χ2n) is 9.16. The van der Waals surface area contributed by atoms with Gasteiger partial charge < -0.3 is 11.5 Å². The molecule has 4 N–H and O–H groups in total. The number of aromatic nitrogens is 1. The maximum atomic E-state index is 13.2. The van der Waals surface area contributed by atoms with Crippen LogP contribution in [0, 0.1) is 35.0 Å². The number of nitriles is 1. The van der Waals surface area contributed by atoms with Gasteiger partial charge in [-0.15, -0.1) is 0 Å². The van der Waals surface area contributed by atoms with Gasteiger partial charge in [-0.2, -0.15) is 18.4 Å². The molecule has 0 aromatic carbocycles. The minimum Gasteiger partial charge on any atom is -0.398 e. The normalized spacial score (nSPS) is 29.6. The molecule has 2 saturated carbocycles. The molecule has 0 radical (unpaired) electrons. The highest BCUT2D eigenvalue weighted by atomic mass is 19.4. The highest BCUT2D eigenvalue weighted by Crippen LogP contribution is 2.60. The number of aliphatic imine (C=N–C) groups is 1. The number of hydrogen-bond acceptors (Lipinski definition) is 6. The van der Waals surface area contributed by atoms with Crippen LogP contribution in [0.4, 0.5) is 19.0 Å². The van der Waals surface area contributed by atoms with Crippen LogP contribution in [0.3, 0.4) is 0 Å². The Balaban J connectivity index is 1.50. The summed E-state index contributed by atoms with van der Waals surface area (Å²) < 4.78 is 39.5. The minimum absolute atomic E-state index is 0.0539. The monoisotopic (exact) mass is 432 g/mol. The fraction of sp³-hybridized carbons (Fsp3) is 0.591. The highest BCUT2D eigenvalue weighted by Gasteiger charge is 2.59. The first-order valence-electron chi connectivity index (χ1n) is 10.6. The molecule has 2 aliphatic carbocycles. The number of hydrogen-bond donors (Lipinski definition) is 2. The Hall–Kier alpha value is -2.60. The maximum Gasteiger partial charge on any atom is 0.419 e. The Kier molecular flexibility index (Phi) is 5.46. The molecular weight excluding hydrogens is 405 g/mol. The van der Waals surface area contributed by atoms with Crippen molar-refractivity contribution < 1.29 is 13.2 Å². The number of nitrogens with two attached hydrogens (primary N) is 2. The van der Waals surface area contributed by atoms with E-state index in [9.17, 15) is 13.2 Å². The molecule has 1 aromatic heterocycles. The van der Waals surface area contributed by atoms with Crippen LogP contribution in [0.5, 0.6) is 0 Å². The number of allylic oxidation sites excluding steroid dienone is 1. The van der Waals surface area contributed by atoms with E-state index >= 15 is 0 Å². The molecular formula is C22H27F3N6. The molecule has 3 aliphatic rings. The van der Waals surface area contributed by atoms with Crippen molar-refractivity contribution in [3.8, 4) is 6.07 Å². The molecule has 9 heteroatoms. The molecule has 1 aromatic rings. The largest absolute Gasteiger partial charge is 0.419 e. The summed E-state index contributed by atoms with van der Waals surface area (Å²) >= 11 is 0. The van der Waals surface area contributed by atoms with E-state index in [-0.39, 0.29) is 29.1 Å². The Morgan fingerprint density at radius 2 is 1.97 bits per heavy atom. The fourth-order valence-electron chi connectivity index (χ4n) is 5.06. The Bertz CT molecular complexity index is 943. The van der Waals surface area contributed by atoms with Gasteiger partial charge in [-0.1, -0.05) is 0 Å². The molecule has 166 valence electrons. The van der Waals surface area contributed by atoms with Gasteiger partial charge in [0.15, 0.2) is 0 Å². The summed E-state index contributed by atoms with van der Waals surface area (Å²) in [4.78, 5) is 10.8. The van der Waals surface area contributed by atoms with Crippen molar-refractivity contribution in [2.45, 2.75) is 44.9 Å². The Morgan fingerprint density at radius 1 is 1.32 bits per heavy atom. The van der Waals surface area contributed by atoms with Crippen LogP contribution in [-0.2, 0) is 6.18 Å². The number of nitrogen functional groups attached to an aromatic ring is 1. The lowest BCUT2D eigenvalue weighted by Gasteiger charge is -2.40. The van der Waals surface area contributed by atoms with Crippen molar-refractivity contribution in [2.75, 3.05) is 18.8 Å². The van der Waals surface area contributed by atoms with E-state index in [1.54, 1.807) is 6.08 Å². The molecule has 1 aliphatic heterocycles. The first-order chi connectivity index (χ1) is 14.6. The van der Waals surface area contributed by atoms with Gasteiger partial charge in [0.1, 0.15) is 5.82 Å². The molecule has 6 nitrogen and oxygen atoms in total. The quantitative estimate of drug-likeness (QED) is 0.695. The molecule has 4 rings (SSSR count). The zero-order valence-electron chi connectivity index (χ0n) is 17.6. The molecule has 4 atom stereocenters. The predicted octanol–water partition coefficient (Wildman–Crippen LogP) is 3.31. The van der Waals surface area contributed by atoms with E-state index in [0.29, 0.717) is 17.9 Å². The van der Waals surface area contributed by atoms with Crippen molar-refractivity contribution in [2.24, 2.45) is 34.4 Å². The number of rotatable bonds is 5. The zero-order chi connectivity index (χ0) is 22.5. The van der Waals surface area contributed by atoms with Crippen molar-refractivity contribution in [3.63, 3.8) is 0 Å². The first kappa shape index (κ1) is 21.6. The summed E-state index contributed by atoms with van der Waals surface area (Å²) in [6, 6.07) is 3.83. The third-order valence-corrected chi connectivity index (χ3v) is 6.64. The van der Waals surface area contributed by atoms with Crippen LogP contribution in [0.15, 0.2) is 23.3 Å². The Morgan fingerprint density at radius 3 is 2.52 bits per heavy atom. The van der Waals surface area contributed by atoms with Gasteiger partial charge in [0, 0.05) is 54.3 Å². The van der Waals surface area contributed by atoms with E-state index in [1.807, 2.05) is 13.8 Å². The van der Waals surface area contributed by atoms with Crippen molar-refractivity contribution in [3.05, 3.63) is 29.5 Å². The predicted molar refractivity (Wildman–Crippen MR) is 113 cm³/mol. The fourth-order valence-corrected chi connectivity index (χ4v) is 5.06. The van der Waals surface area contributed by atoms with Crippen LogP contribution in [0.25, 0.3) is 5.70 Å². The van der Waals surface area contributed by atoms with Crippen molar-refractivity contribution in [1.29, 1.82) is 5.26 Å². The van der Waals surface area contributed by atoms with Gasteiger partial charge in [-0.05, 0) is 50.7 Å². The number of fused-ring (bicyclic) bond motifs is 1. The highest BCUT2D eigenvalue weighted by molar-refractivity contribution is 6.04. The van der Waals surface area contributed by atoms with Crippen molar-refractivity contribution in [1.82, 2.24) is 9.88 Å². The van der Waals surface area contributed by atoms with Crippen LogP contribution in [0.2, 0.25) is 0 Å². The lowest BCUT2D eigenvalue weighted by molar-refractivity contribution is -0.137. The average molecular weight is 432 g/mol. The van der Waals surface area contributed by atoms with Crippen LogP contribution in [0.1, 0.15) is 37.8 Å². The molecule has 0 bridgehead atoms. The summed E-state index contributed by atoms with van der Waals surface area (Å²) in [5.41, 5.74) is 11.8. The van der Waals surface area contributed by atoms with Gasteiger partial charge in [0.2, 0.25) is 0 Å². The molecule has 2 unspecified atom stereocenters. The minimum atomic E-state index is -4.59. The number of alkyl halides is 3. The molecule has 2 heterocycles. The SMILES string of the molecule is CC(C)N=C(C=C(N)c1cnc(N)c(C(F)(F)F)c1)C1[C@H]2CC(N3CC(C#N)C3)C[C@@H]12. The lowest BCUT2D eigenvalue weighted by Crippen LogP contribution is -2.51. The van der Waals surface area contributed by atoms with Gasteiger partial charge in [0.05, 0.1) is 17.6 Å². The lowest BCUT2D eigenvalue weighted by atomic mass is 9.94. The smallest absolute Gasteiger partial charge is 0.398 e. The second-order valence-corrected chi connectivity index (χ2v) is 9.16. The summed E-state index contributed by atoms with van der Waals surface area (Å²) in [6.07, 6.45) is 0.523. The molecule has 0 amide bonds. The van der Waals surface area contributed by atoms with E-state index in [0.717, 1.165) is 37.7 Å². The number of pyridine rings is 1. The van der Waals surface area contributed by atoms with Crippen LogP contribution in [-0.4, -0.2) is 40.8 Å². The summed E-state index contributed by atoms with van der Waals surface area (Å²) in [5, 5.41) is 8.98. The molecule has 1 saturated heterocycles. The number of likely N-dealkylation sites (tertiary alicyclic amines) is 1. The van der Waals surface area contributed by atoms with Crippen molar-refractivity contribution >= 4 is 17.2 Å². The summed E-state index contributed by atoms with van der Waals surface area (Å²) in [5.74, 6) is 0.913. The topological polar surface area (TPSA) is 104 Å². The molecule has 31 heavy (non-hydrogen) atoms. The van der Waals surface area contributed by atoms with Crippen LogP contribution >= 0.6 is 0 Å². The number of halogens is 3. The summed E-state index contributed by atoms with van der Waals surface area (Å²) in [7, 11) is 0. The van der Waals surface area contributed by atoms with E-state index in [4.69, 9.17) is 21.7 Å². The second kappa shape index (κ2) is 7.83. The van der Waals surface area contributed by atoms with E-state index in [1.165, 1.54) is 6.20 Å². The van der Waals surface area contributed by atoms with Gasteiger partial charge in [-0.25, -0.2) is 4.98 Å². The van der Waals surface area contributed by atoms with Gasteiger partial charge >= 0.3 is 6.18 Å². The van der Waals surface area contributed by atoms with E-state index < -0.39 is 17.6 Å². The van der Waals surface area contributed by atoms with Gasteiger partial charge in [-0.3, -0.25) is 9.89 Å². The average Bonchev–Trinajstić information content (AvgIpc) is 3.13. The first-order valence-corrected chi connectivity index (χ1v) is 10.6.